The minimum atomic E-state index is -3.67. The number of benzene rings is 2. The molecule has 2 amide bonds. The van der Waals surface area contributed by atoms with Crippen LogP contribution in [0.4, 0.5) is 0 Å². The van der Waals surface area contributed by atoms with Crippen molar-refractivity contribution in [3.8, 4) is 0 Å². The smallest absolute Gasteiger partial charge is 0.263 e. The molecule has 0 saturated carbocycles. The van der Waals surface area contributed by atoms with Crippen LogP contribution < -0.4 is 10.0 Å². The van der Waals surface area contributed by atoms with Crippen molar-refractivity contribution in [3.63, 3.8) is 0 Å². The van der Waals surface area contributed by atoms with Gasteiger partial charge < -0.3 is 10.2 Å². The van der Waals surface area contributed by atoms with Crippen molar-refractivity contribution in [3.05, 3.63) is 65.2 Å². The van der Waals surface area contributed by atoms with Gasteiger partial charge in [0.2, 0.25) is 5.91 Å². The van der Waals surface area contributed by atoms with Gasteiger partial charge in [0.05, 0.1) is 4.90 Å². The van der Waals surface area contributed by atoms with E-state index in [2.05, 4.69) is 15.0 Å². The van der Waals surface area contributed by atoms with Crippen molar-refractivity contribution < 1.29 is 18.0 Å². The first kappa shape index (κ1) is 24.4. The third-order valence-corrected chi connectivity index (χ3v) is 6.99. The molecule has 1 aliphatic rings. The molecule has 2 N–H and O–H groups in total. The fourth-order valence-corrected chi connectivity index (χ4v) is 4.62. The van der Waals surface area contributed by atoms with E-state index in [9.17, 15) is 18.0 Å². The average Bonchev–Trinajstić information content (AvgIpc) is 3.05. The van der Waals surface area contributed by atoms with Gasteiger partial charge in [0.15, 0.2) is 0 Å². The van der Waals surface area contributed by atoms with E-state index in [4.69, 9.17) is 0 Å². The number of nitrogens with one attached hydrogen (secondary N) is 2. The first-order valence-electron chi connectivity index (χ1n) is 10.8. The highest BCUT2D eigenvalue weighted by Crippen LogP contribution is 2.23. The van der Waals surface area contributed by atoms with E-state index in [1.54, 1.807) is 54.4 Å². The second kappa shape index (κ2) is 9.74. The number of aliphatic imine (C=N–C) groups is 1. The number of sulfonamides is 1. The van der Waals surface area contributed by atoms with Crippen LogP contribution in [0.5, 0.6) is 0 Å². The van der Waals surface area contributed by atoms with Gasteiger partial charge in [-0.2, -0.15) is 0 Å². The van der Waals surface area contributed by atoms with Gasteiger partial charge in [-0.3, -0.25) is 19.3 Å². The zero-order valence-electron chi connectivity index (χ0n) is 19.5. The first-order valence-corrected chi connectivity index (χ1v) is 12.3. The van der Waals surface area contributed by atoms with Gasteiger partial charge in [0.1, 0.15) is 11.9 Å². The molecule has 3 rings (SSSR count). The Bertz CT molecular complexity index is 1170. The first-order chi connectivity index (χ1) is 15.5. The highest BCUT2D eigenvalue weighted by molar-refractivity contribution is 7.90. The number of carbonyl (C=O) groups is 2. The largest absolute Gasteiger partial charge is 0.350 e. The molecule has 8 nitrogen and oxygen atoms in total. The summed E-state index contributed by atoms with van der Waals surface area (Å²) in [6.45, 7) is 7.88. The van der Waals surface area contributed by atoms with Gasteiger partial charge >= 0.3 is 0 Å². The Balaban J connectivity index is 1.71. The van der Waals surface area contributed by atoms with Crippen molar-refractivity contribution >= 4 is 27.7 Å². The maximum atomic E-state index is 12.9. The van der Waals surface area contributed by atoms with Crippen molar-refractivity contribution in [2.24, 2.45) is 10.9 Å². The fourth-order valence-electron chi connectivity index (χ4n) is 3.38. The van der Waals surface area contributed by atoms with Crippen LogP contribution in [0, 0.1) is 5.92 Å². The van der Waals surface area contributed by atoms with Gasteiger partial charge in [-0.25, -0.2) is 8.42 Å². The summed E-state index contributed by atoms with van der Waals surface area (Å²) in [7, 11) is -1.91. The number of nitrogens with zero attached hydrogens (tertiary/aromatic N) is 2. The Morgan fingerprint density at radius 3 is 2.27 bits per heavy atom. The summed E-state index contributed by atoms with van der Waals surface area (Å²) < 4.78 is 27.1. The molecule has 0 aliphatic carbocycles. The van der Waals surface area contributed by atoms with Crippen LogP contribution in [0.2, 0.25) is 0 Å². The van der Waals surface area contributed by atoms with Crippen LogP contribution in [-0.4, -0.2) is 50.1 Å². The third-order valence-electron chi connectivity index (χ3n) is 5.59. The lowest BCUT2D eigenvalue weighted by atomic mass is 10.0. The molecule has 0 unspecified atom stereocenters. The van der Waals surface area contributed by atoms with Crippen LogP contribution in [-0.2, 0) is 21.4 Å². The van der Waals surface area contributed by atoms with Crippen molar-refractivity contribution in [2.45, 2.75) is 51.2 Å². The normalized spacial score (nSPS) is 16.4. The standard InChI is InChI=1S/C24H30N4O4S/c1-15(2)21(26-22-19-8-6-7-9-20(19)33(31,32)27-22)23(29)25-14-17-10-12-18(13-11-17)24(30)28(5)16(3)4/h6-13,15-16,21H,14H2,1-5H3,(H,25,29)(H,26,27)/t21-/m0/s1. The highest BCUT2D eigenvalue weighted by Gasteiger charge is 2.32. The molecule has 176 valence electrons. The third kappa shape index (κ3) is 5.42. The summed E-state index contributed by atoms with van der Waals surface area (Å²) in [6, 6.07) is 13.0. The lowest BCUT2D eigenvalue weighted by Crippen LogP contribution is -2.38. The number of carbonyl (C=O) groups excluding carboxylic acids is 2. The lowest BCUT2D eigenvalue weighted by Gasteiger charge is -2.21. The van der Waals surface area contributed by atoms with E-state index in [0.717, 1.165) is 5.56 Å². The number of amidine groups is 1. The van der Waals surface area contributed by atoms with Gasteiger partial charge in [0, 0.05) is 30.8 Å². The summed E-state index contributed by atoms with van der Waals surface area (Å²) in [5, 5.41) is 2.87. The molecule has 1 heterocycles. The number of rotatable bonds is 7. The molecule has 9 heteroatoms. The molecular formula is C24H30N4O4S. The predicted octanol–water partition coefficient (Wildman–Crippen LogP) is 2.55. The molecule has 2 aromatic carbocycles. The van der Waals surface area contributed by atoms with Gasteiger partial charge in [-0.1, -0.05) is 38.1 Å². The van der Waals surface area contributed by atoms with E-state index in [-0.39, 0.29) is 41.0 Å². The maximum Gasteiger partial charge on any atom is 0.263 e. The van der Waals surface area contributed by atoms with Crippen LogP contribution >= 0.6 is 0 Å². The zero-order valence-corrected chi connectivity index (χ0v) is 20.3. The number of hydrogen-bond donors (Lipinski definition) is 2. The lowest BCUT2D eigenvalue weighted by molar-refractivity contribution is -0.123. The quantitative estimate of drug-likeness (QED) is 0.648. The Morgan fingerprint density at radius 2 is 1.67 bits per heavy atom. The topological polar surface area (TPSA) is 108 Å². The van der Waals surface area contributed by atoms with Crippen LogP contribution in [0.3, 0.4) is 0 Å². The Morgan fingerprint density at radius 1 is 1.03 bits per heavy atom. The molecule has 1 atom stereocenters. The number of fused-ring (bicyclic) bond motifs is 1. The molecule has 0 fully saturated rings. The Labute approximate surface area is 195 Å². The molecule has 33 heavy (non-hydrogen) atoms. The zero-order chi connectivity index (χ0) is 24.3. The maximum absolute atomic E-state index is 12.9. The summed E-state index contributed by atoms with van der Waals surface area (Å²) in [5.41, 5.74) is 1.89. The monoisotopic (exact) mass is 470 g/mol. The van der Waals surface area contributed by atoms with Crippen molar-refractivity contribution in [1.82, 2.24) is 14.9 Å². The van der Waals surface area contributed by atoms with E-state index in [1.165, 1.54) is 6.07 Å². The molecule has 0 bridgehead atoms. The van der Waals surface area contributed by atoms with Gasteiger partial charge in [0.25, 0.3) is 15.9 Å². The summed E-state index contributed by atoms with van der Waals surface area (Å²) in [6.07, 6.45) is 0. The molecule has 1 aliphatic heterocycles. The molecule has 0 spiro atoms. The summed E-state index contributed by atoms with van der Waals surface area (Å²) in [5.74, 6) is -0.339. The molecule has 0 radical (unpaired) electrons. The number of amides is 2. The van der Waals surface area contributed by atoms with Crippen molar-refractivity contribution in [2.75, 3.05) is 7.05 Å². The van der Waals surface area contributed by atoms with Crippen LogP contribution in [0.25, 0.3) is 0 Å². The van der Waals surface area contributed by atoms with Crippen LogP contribution in [0.1, 0.15) is 49.2 Å². The average molecular weight is 471 g/mol. The molecule has 0 aromatic heterocycles. The van der Waals surface area contributed by atoms with Gasteiger partial charge in [-0.15, -0.1) is 0 Å². The highest BCUT2D eigenvalue weighted by atomic mass is 32.2. The van der Waals surface area contributed by atoms with Gasteiger partial charge in [-0.05, 0) is 49.6 Å². The van der Waals surface area contributed by atoms with Crippen molar-refractivity contribution in [1.29, 1.82) is 0 Å². The number of hydrogen-bond acceptors (Lipinski definition) is 5. The SMILES string of the molecule is CC(C)[C@H](N=C1NS(=O)(=O)c2ccccc21)C(=O)NCc1ccc(C(=O)N(C)C(C)C)cc1. The second-order valence-electron chi connectivity index (χ2n) is 8.69. The predicted molar refractivity (Wildman–Crippen MR) is 127 cm³/mol. The Kier molecular flexibility index (Phi) is 7.22. The van der Waals surface area contributed by atoms with E-state index < -0.39 is 16.1 Å². The molecule has 0 saturated heterocycles. The Hall–Kier alpha value is -3.20. The minimum Gasteiger partial charge on any atom is -0.350 e. The van der Waals surface area contributed by atoms with E-state index in [1.807, 2.05) is 27.7 Å². The summed E-state index contributed by atoms with van der Waals surface area (Å²) in [4.78, 5) is 31.6. The molecular weight excluding hydrogens is 440 g/mol. The second-order valence-corrected chi connectivity index (χ2v) is 10.3. The minimum absolute atomic E-state index is 0.0596. The summed E-state index contributed by atoms with van der Waals surface area (Å²) >= 11 is 0. The fraction of sp³-hybridized carbons (Fsp3) is 0.375. The van der Waals surface area contributed by atoms with E-state index in [0.29, 0.717) is 11.1 Å². The van der Waals surface area contributed by atoms with E-state index >= 15 is 0 Å². The molecule has 2 aromatic rings. The van der Waals surface area contributed by atoms with Crippen LogP contribution in [0.15, 0.2) is 58.4 Å².